The van der Waals surface area contributed by atoms with Crippen molar-refractivity contribution in [2.75, 3.05) is 0 Å². The van der Waals surface area contributed by atoms with Crippen LogP contribution in [0.2, 0.25) is 0 Å². The fourth-order valence-corrected chi connectivity index (χ4v) is 3.61. The summed E-state index contributed by atoms with van der Waals surface area (Å²) in [6.07, 6.45) is 0. The topological polar surface area (TPSA) is 49.7 Å². The zero-order valence-corrected chi connectivity index (χ0v) is 16.8. The highest BCUT2D eigenvalue weighted by Gasteiger charge is 2.26. The van der Waals surface area contributed by atoms with Crippen molar-refractivity contribution in [3.63, 3.8) is 0 Å². The normalized spacial score (nSPS) is 11.3. The van der Waals surface area contributed by atoms with Gasteiger partial charge >= 0.3 is 5.97 Å². The van der Waals surface area contributed by atoms with E-state index in [1.165, 1.54) is 11.1 Å². The molecule has 0 radical (unpaired) electrons. The number of carboxylic acids is 1. The number of aromatic carboxylic acids is 1. The van der Waals surface area contributed by atoms with Crippen molar-refractivity contribution in [1.82, 2.24) is 0 Å². The fourth-order valence-electron chi connectivity index (χ4n) is 3.61. The summed E-state index contributed by atoms with van der Waals surface area (Å²) < 4.78 is 0. The van der Waals surface area contributed by atoms with Gasteiger partial charge < -0.3 is 5.11 Å². The summed E-state index contributed by atoms with van der Waals surface area (Å²) in [6, 6.07) is 20.1. The zero-order valence-electron chi connectivity index (χ0n) is 16.8. The van der Waals surface area contributed by atoms with Gasteiger partial charge in [-0.3, -0.25) is 4.99 Å². The van der Waals surface area contributed by atoms with Gasteiger partial charge in [0.1, 0.15) is 0 Å². The van der Waals surface area contributed by atoms with Gasteiger partial charge in [0.15, 0.2) is 0 Å². The van der Waals surface area contributed by atoms with Crippen molar-refractivity contribution in [2.24, 2.45) is 4.99 Å². The molecule has 0 saturated carbocycles. The van der Waals surface area contributed by atoms with Gasteiger partial charge in [0, 0.05) is 0 Å². The Balaban J connectivity index is 2.12. The number of hydrogen-bond acceptors (Lipinski definition) is 2. The molecule has 3 rings (SSSR count). The van der Waals surface area contributed by atoms with E-state index in [1.807, 2.05) is 51.1 Å². The molecule has 0 aromatic heterocycles. The average molecular weight is 371 g/mol. The largest absolute Gasteiger partial charge is 0.478 e. The van der Waals surface area contributed by atoms with E-state index >= 15 is 0 Å². The molecule has 0 aliphatic carbocycles. The first-order valence-corrected chi connectivity index (χ1v) is 9.27. The van der Waals surface area contributed by atoms with E-state index in [2.05, 4.69) is 42.9 Å². The van der Waals surface area contributed by atoms with Crippen LogP contribution in [0.5, 0.6) is 0 Å². The molecule has 0 fully saturated rings. The molecular formula is C25H25NO2. The molecule has 0 heterocycles. The van der Waals surface area contributed by atoms with Gasteiger partial charge in [0.2, 0.25) is 0 Å². The summed E-state index contributed by atoms with van der Waals surface area (Å²) in [5.74, 6) is -0.951. The minimum absolute atomic E-state index is 0.274. The van der Waals surface area contributed by atoms with Crippen LogP contribution >= 0.6 is 0 Å². The summed E-state index contributed by atoms with van der Waals surface area (Å²) in [5, 5.41) is 9.78. The van der Waals surface area contributed by atoms with E-state index < -0.39 is 5.97 Å². The Morgan fingerprint density at radius 2 is 1.54 bits per heavy atom. The minimum atomic E-state index is -0.951. The zero-order chi connectivity index (χ0) is 20.5. The Morgan fingerprint density at radius 1 is 0.929 bits per heavy atom. The average Bonchev–Trinajstić information content (AvgIpc) is 2.66. The molecule has 0 saturated heterocycles. The first-order valence-electron chi connectivity index (χ1n) is 9.27. The maximum absolute atomic E-state index is 11.9. The molecule has 0 aliphatic heterocycles. The van der Waals surface area contributed by atoms with E-state index in [0.717, 1.165) is 16.7 Å². The molecule has 0 bridgehead atoms. The molecule has 0 unspecified atom stereocenters. The van der Waals surface area contributed by atoms with Crippen molar-refractivity contribution >= 4 is 18.4 Å². The standard InChI is InChI=1S/C25H25NO2/c1-16-8-6-7-9-20(16)18-12-10-17(11-13-18)19-14-21(24(27)28)23(25(2,3)4)22(15-19)26-5/h6-15H,5H2,1-4H3,(H,27,28). The van der Waals surface area contributed by atoms with Crippen LogP contribution < -0.4 is 0 Å². The molecule has 0 atom stereocenters. The quantitative estimate of drug-likeness (QED) is 0.521. The minimum Gasteiger partial charge on any atom is -0.478 e. The summed E-state index contributed by atoms with van der Waals surface area (Å²) in [4.78, 5) is 16.1. The van der Waals surface area contributed by atoms with Crippen LogP contribution in [-0.2, 0) is 5.41 Å². The van der Waals surface area contributed by atoms with E-state index in [9.17, 15) is 9.90 Å². The second kappa shape index (κ2) is 7.43. The van der Waals surface area contributed by atoms with Crippen molar-refractivity contribution in [2.45, 2.75) is 33.1 Å². The molecule has 0 spiro atoms. The van der Waals surface area contributed by atoms with E-state index in [1.54, 1.807) is 6.07 Å². The summed E-state index contributed by atoms with van der Waals surface area (Å²) in [6.45, 7) is 11.7. The number of aryl methyl sites for hydroxylation is 1. The van der Waals surface area contributed by atoms with Crippen molar-refractivity contribution in [3.8, 4) is 22.3 Å². The van der Waals surface area contributed by atoms with Gasteiger partial charge in [-0.25, -0.2) is 4.79 Å². The lowest BCUT2D eigenvalue weighted by Crippen LogP contribution is -2.17. The van der Waals surface area contributed by atoms with Gasteiger partial charge in [-0.05, 0) is 64.6 Å². The number of carbonyl (C=O) groups is 1. The van der Waals surface area contributed by atoms with Crippen LogP contribution in [0, 0.1) is 6.92 Å². The van der Waals surface area contributed by atoms with Gasteiger partial charge in [0.05, 0.1) is 11.3 Å². The molecule has 28 heavy (non-hydrogen) atoms. The SMILES string of the molecule is C=Nc1cc(-c2ccc(-c3ccccc3C)cc2)cc(C(=O)O)c1C(C)(C)C. The Hall–Kier alpha value is -3.20. The third-order valence-corrected chi connectivity index (χ3v) is 4.94. The number of aliphatic imine (C=N–C) groups is 1. The van der Waals surface area contributed by atoms with Crippen LogP contribution in [-0.4, -0.2) is 17.8 Å². The highest BCUT2D eigenvalue weighted by atomic mass is 16.4. The maximum Gasteiger partial charge on any atom is 0.336 e. The van der Waals surface area contributed by atoms with Crippen molar-refractivity contribution in [1.29, 1.82) is 0 Å². The molecule has 3 nitrogen and oxygen atoms in total. The Bertz CT molecular complexity index is 1040. The number of nitrogens with zero attached hydrogens (tertiary/aromatic N) is 1. The Labute approximate surface area is 166 Å². The summed E-state index contributed by atoms with van der Waals surface area (Å²) >= 11 is 0. The molecule has 1 N–H and O–H groups in total. The van der Waals surface area contributed by atoms with Gasteiger partial charge in [-0.2, -0.15) is 0 Å². The predicted octanol–water partition coefficient (Wildman–Crippen LogP) is 6.66. The molecular weight excluding hydrogens is 346 g/mol. The van der Waals surface area contributed by atoms with Crippen LogP contribution in [0.1, 0.15) is 42.3 Å². The second-order valence-corrected chi connectivity index (χ2v) is 8.02. The third-order valence-electron chi connectivity index (χ3n) is 4.94. The van der Waals surface area contributed by atoms with Gasteiger partial charge in [-0.15, -0.1) is 0 Å². The van der Waals surface area contributed by atoms with Gasteiger partial charge in [-0.1, -0.05) is 69.3 Å². The molecule has 0 aliphatic rings. The van der Waals surface area contributed by atoms with Gasteiger partial charge in [0.25, 0.3) is 0 Å². The van der Waals surface area contributed by atoms with E-state index in [-0.39, 0.29) is 11.0 Å². The molecule has 3 heteroatoms. The smallest absolute Gasteiger partial charge is 0.336 e. The Morgan fingerprint density at radius 3 is 2.07 bits per heavy atom. The van der Waals surface area contributed by atoms with Crippen LogP contribution in [0.4, 0.5) is 5.69 Å². The first kappa shape index (κ1) is 19.6. The highest BCUT2D eigenvalue weighted by Crippen LogP contribution is 2.38. The number of carboxylic acid groups (broad SMARTS) is 1. The fraction of sp³-hybridized carbons (Fsp3) is 0.200. The first-order chi connectivity index (χ1) is 13.2. The van der Waals surface area contributed by atoms with Crippen LogP contribution in [0.15, 0.2) is 65.7 Å². The number of hydrogen-bond donors (Lipinski definition) is 1. The maximum atomic E-state index is 11.9. The molecule has 0 amide bonds. The van der Waals surface area contributed by atoms with Crippen LogP contribution in [0.3, 0.4) is 0 Å². The van der Waals surface area contributed by atoms with Crippen molar-refractivity contribution in [3.05, 3.63) is 77.4 Å². The number of benzene rings is 3. The lowest BCUT2D eigenvalue weighted by molar-refractivity contribution is 0.0694. The Kier molecular flexibility index (Phi) is 5.19. The lowest BCUT2D eigenvalue weighted by Gasteiger charge is -2.24. The third kappa shape index (κ3) is 3.74. The molecule has 3 aromatic rings. The molecule has 3 aromatic carbocycles. The second-order valence-electron chi connectivity index (χ2n) is 8.02. The predicted molar refractivity (Wildman–Crippen MR) is 117 cm³/mol. The van der Waals surface area contributed by atoms with E-state index in [4.69, 9.17) is 0 Å². The lowest BCUT2D eigenvalue weighted by atomic mass is 9.81. The van der Waals surface area contributed by atoms with Crippen molar-refractivity contribution < 1.29 is 9.90 Å². The number of rotatable bonds is 4. The van der Waals surface area contributed by atoms with Crippen LogP contribution in [0.25, 0.3) is 22.3 Å². The highest BCUT2D eigenvalue weighted by molar-refractivity contribution is 5.94. The van der Waals surface area contributed by atoms with E-state index in [0.29, 0.717) is 11.3 Å². The summed E-state index contributed by atoms with van der Waals surface area (Å²) in [5.41, 5.74) is 6.56. The molecule has 142 valence electrons. The summed E-state index contributed by atoms with van der Waals surface area (Å²) in [7, 11) is 0. The monoisotopic (exact) mass is 371 g/mol.